The van der Waals surface area contributed by atoms with Crippen LogP contribution in [-0.4, -0.2) is 46.7 Å². The van der Waals surface area contributed by atoms with Gasteiger partial charge in [-0.3, -0.25) is 0 Å². The highest BCUT2D eigenvalue weighted by atomic mass is 32.2. The molecular weight excluding hydrogens is 389 g/mol. The van der Waals surface area contributed by atoms with Crippen molar-refractivity contribution in [3.05, 3.63) is 64.2 Å². The lowest BCUT2D eigenvalue weighted by Crippen LogP contribution is -2.45. The molecule has 2 N–H and O–H groups in total. The number of aldehydes is 1. The first kappa shape index (κ1) is 19.6. The Morgan fingerprint density at radius 2 is 2.17 bits per heavy atom. The van der Waals surface area contributed by atoms with Crippen LogP contribution in [0.1, 0.15) is 17.7 Å². The number of hydrogen-bond donors (Lipinski definition) is 2. The summed E-state index contributed by atoms with van der Waals surface area (Å²) < 4.78 is 17.2. The SMILES string of the molecule is CN/C=C(\C=N)SN1CCC2=Cc3c(cnn3-c3ccc(F)cc3)CC2(C=O)C1. The molecule has 1 unspecified atom stereocenters. The quantitative estimate of drug-likeness (QED) is 0.434. The third-order valence-corrected chi connectivity index (χ3v) is 6.41. The van der Waals surface area contributed by atoms with Crippen molar-refractivity contribution in [2.75, 3.05) is 20.1 Å². The highest BCUT2D eigenvalue weighted by molar-refractivity contribution is 8.01. The summed E-state index contributed by atoms with van der Waals surface area (Å²) in [6.07, 6.45) is 9.39. The first-order valence-electron chi connectivity index (χ1n) is 9.39. The summed E-state index contributed by atoms with van der Waals surface area (Å²) in [5.74, 6) is -0.283. The zero-order valence-corrected chi connectivity index (χ0v) is 16.9. The molecule has 2 aliphatic rings. The number of piperidine rings is 1. The number of allylic oxidation sites excluding steroid dienone is 1. The number of halogens is 1. The first-order valence-corrected chi connectivity index (χ1v) is 10.2. The topological polar surface area (TPSA) is 74.0 Å². The van der Waals surface area contributed by atoms with E-state index < -0.39 is 5.41 Å². The number of aromatic nitrogens is 2. The number of benzene rings is 1. The van der Waals surface area contributed by atoms with Gasteiger partial charge in [-0.25, -0.2) is 13.4 Å². The third-order valence-electron chi connectivity index (χ3n) is 5.39. The van der Waals surface area contributed by atoms with Crippen LogP contribution < -0.4 is 5.32 Å². The molecule has 2 aromatic rings. The van der Waals surface area contributed by atoms with Crippen LogP contribution in [0.3, 0.4) is 0 Å². The lowest BCUT2D eigenvalue weighted by Gasteiger charge is -2.42. The second kappa shape index (κ2) is 7.96. The summed E-state index contributed by atoms with van der Waals surface area (Å²) in [4.78, 5) is 13.0. The summed E-state index contributed by atoms with van der Waals surface area (Å²) in [7, 11) is 1.80. The predicted octanol–water partition coefficient (Wildman–Crippen LogP) is 3.20. The van der Waals surface area contributed by atoms with Crippen LogP contribution >= 0.6 is 11.9 Å². The minimum Gasteiger partial charge on any atom is -0.393 e. The molecule has 8 heteroatoms. The van der Waals surface area contributed by atoms with Crippen LogP contribution in [0.15, 0.2) is 47.1 Å². The Kier molecular flexibility index (Phi) is 5.38. The Bertz CT molecular complexity index is 997. The summed E-state index contributed by atoms with van der Waals surface area (Å²) in [6.45, 7) is 1.38. The molecule has 1 atom stereocenters. The first-order chi connectivity index (χ1) is 14.1. The lowest BCUT2D eigenvalue weighted by atomic mass is 9.70. The molecule has 1 aliphatic heterocycles. The maximum absolute atomic E-state index is 13.3. The van der Waals surface area contributed by atoms with E-state index in [2.05, 4.69) is 20.8 Å². The van der Waals surface area contributed by atoms with E-state index in [1.807, 2.05) is 0 Å². The van der Waals surface area contributed by atoms with Crippen LogP contribution in [0.2, 0.25) is 0 Å². The molecule has 0 bridgehead atoms. The minimum atomic E-state index is -0.582. The third kappa shape index (κ3) is 3.65. The van der Waals surface area contributed by atoms with Crippen molar-refractivity contribution < 1.29 is 9.18 Å². The van der Waals surface area contributed by atoms with Crippen molar-refractivity contribution >= 4 is 30.5 Å². The van der Waals surface area contributed by atoms with Gasteiger partial charge in [-0.15, -0.1) is 0 Å². The maximum atomic E-state index is 13.3. The molecule has 1 aromatic heterocycles. The van der Waals surface area contributed by atoms with Gasteiger partial charge in [-0.2, -0.15) is 5.10 Å². The number of rotatable bonds is 6. The zero-order chi connectivity index (χ0) is 20.4. The molecule has 1 aromatic carbocycles. The second-order valence-electron chi connectivity index (χ2n) is 7.25. The largest absolute Gasteiger partial charge is 0.393 e. The van der Waals surface area contributed by atoms with Gasteiger partial charge in [0.05, 0.1) is 27.9 Å². The van der Waals surface area contributed by atoms with Crippen molar-refractivity contribution in [1.29, 1.82) is 5.41 Å². The zero-order valence-electron chi connectivity index (χ0n) is 16.1. The van der Waals surface area contributed by atoms with Gasteiger partial charge in [0.25, 0.3) is 0 Å². The second-order valence-corrected chi connectivity index (χ2v) is 8.42. The molecule has 150 valence electrons. The van der Waals surface area contributed by atoms with E-state index in [9.17, 15) is 9.18 Å². The molecule has 29 heavy (non-hydrogen) atoms. The molecule has 2 heterocycles. The Morgan fingerprint density at radius 1 is 1.38 bits per heavy atom. The maximum Gasteiger partial charge on any atom is 0.131 e. The summed E-state index contributed by atoms with van der Waals surface area (Å²) >= 11 is 1.49. The Balaban J connectivity index is 1.63. The van der Waals surface area contributed by atoms with E-state index >= 15 is 0 Å². The van der Waals surface area contributed by atoms with Gasteiger partial charge >= 0.3 is 0 Å². The number of hydrogen-bond acceptors (Lipinski definition) is 6. The molecule has 1 aliphatic carbocycles. The van der Waals surface area contributed by atoms with Gasteiger partial charge in [0, 0.05) is 32.6 Å². The van der Waals surface area contributed by atoms with Gasteiger partial charge in [0.15, 0.2) is 0 Å². The van der Waals surface area contributed by atoms with Crippen LogP contribution in [0.4, 0.5) is 4.39 Å². The fraction of sp³-hybridized carbons (Fsp3) is 0.286. The smallest absolute Gasteiger partial charge is 0.131 e. The monoisotopic (exact) mass is 411 g/mol. The predicted molar refractivity (Wildman–Crippen MR) is 113 cm³/mol. The molecule has 1 fully saturated rings. The highest BCUT2D eigenvalue weighted by Crippen LogP contribution is 2.44. The van der Waals surface area contributed by atoms with E-state index in [0.29, 0.717) is 13.0 Å². The van der Waals surface area contributed by atoms with E-state index in [-0.39, 0.29) is 5.82 Å². The summed E-state index contributed by atoms with van der Waals surface area (Å²) in [6, 6.07) is 6.25. The van der Waals surface area contributed by atoms with Crippen LogP contribution in [0.25, 0.3) is 11.8 Å². The number of carbonyl (C=O) groups excluding carboxylic acids is 1. The average molecular weight is 412 g/mol. The molecular formula is C21H22FN5OS. The van der Waals surface area contributed by atoms with Gasteiger partial charge < -0.3 is 15.5 Å². The van der Waals surface area contributed by atoms with Gasteiger partial charge in [0.1, 0.15) is 12.1 Å². The Morgan fingerprint density at radius 3 is 2.86 bits per heavy atom. The molecule has 1 saturated heterocycles. The van der Waals surface area contributed by atoms with Crippen LogP contribution in [0, 0.1) is 16.6 Å². The molecule has 0 radical (unpaired) electrons. The number of nitrogens with zero attached hydrogens (tertiary/aromatic N) is 3. The number of fused-ring (bicyclic) bond motifs is 2. The molecule has 0 spiro atoms. The van der Waals surface area contributed by atoms with Crippen molar-refractivity contribution in [2.45, 2.75) is 12.8 Å². The molecule has 0 amide bonds. The molecule has 0 saturated carbocycles. The fourth-order valence-electron chi connectivity index (χ4n) is 3.97. The van der Waals surface area contributed by atoms with Crippen LogP contribution in [-0.2, 0) is 11.2 Å². The van der Waals surface area contributed by atoms with Gasteiger partial charge in [-0.05, 0) is 60.7 Å². The van der Waals surface area contributed by atoms with E-state index in [1.165, 1.54) is 30.3 Å². The number of nitrogens with one attached hydrogen (secondary N) is 2. The fourth-order valence-corrected chi connectivity index (χ4v) is 4.97. The average Bonchev–Trinajstić information content (AvgIpc) is 3.14. The van der Waals surface area contributed by atoms with Crippen molar-refractivity contribution in [1.82, 2.24) is 19.4 Å². The minimum absolute atomic E-state index is 0.283. The van der Waals surface area contributed by atoms with Crippen LogP contribution in [0.5, 0.6) is 0 Å². The Hall–Kier alpha value is -2.71. The van der Waals surface area contributed by atoms with Gasteiger partial charge in [-0.1, -0.05) is 5.57 Å². The van der Waals surface area contributed by atoms with Crippen molar-refractivity contribution in [3.8, 4) is 5.69 Å². The van der Waals surface area contributed by atoms with Crippen molar-refractivity contribution in [3.63, 3.8) is 0 Å². The summed E-state index contributed by atoms with van der Waals surface area (Å²) in [5.41, 5.74) is 3.29. The highest BCUT2D eigenvalue weighted by Gasteiger charge is 2.43. The molecule has 4 rings (SSSR count). The van der Waals surface area contributed by atoms with E-state index in [1.54, 1.807) is 36.3 Å². The van der Waals surface area contributed by atoms with E-state index in [0.717, 1.165) is 46.7 Å². The standard InChI is InChI=1S/C21H22FN5OS/c1-24-12-19(10-23)29-26-7-6-16-8-20-15(9-21(16,13-26)14-28)11-25-27(20)18-4-2-17(22)3-5-18/h2-5,8,10-12,14,23-24H,6-7,9,13H2,1H3/b19-12+,23-10?. The molecule has 6 nitrogen and oxygen atoms in total. The number of carbonyl (C=O) groups is 1. The van der Waals surface area contributed by atoms with Crippen molar-refractivity contribution in [2.24, 2.45) is 5.41 Å². The summed E-state index contributed by atoms with van der Waals surface area (Å²) in [5, 5.41) is 15.0. The van der Waals surface area contributed by atoms with E-state index in [4.69, 9.17) is 5.41 Å². The van der Waals surface area contributed by atoms with Gasteiger partial charge in [0.2, 0.25) is 0 Å². The Labute approximate surface area is 173 Å². The normalized spacial score (nSPS) is 21.7. The lowest BCUT2D eigenvalue weighted by molar-refractivity contribution is -0.115.